The molecule has 0 saturated carbocycles. The minimum absolute atomic E-state index is 0.0319. The van der Waals surface area contributed by atoms with Gasteiger partial charge in [0, 0.05) is 44.3 Å². The van der Waals surface area contributed by atoms with Crippen LogP contribution in [0, 0.1) is 6.92 Å². The average molecular weight is 591 g/mol. The third-order valence-electron chi connectivity index (χ3n) is 7.88. The zero-order valence-electron chi connectivity index (χ0n) is 26.0. The van der Waals surface area contributed by atoms with Crippen molar-refractivity contribution in [1.29, 1.82) is 0 Å². The molecule has 2 atom stereocenters. The van der Waals surface area contributed by atoms with Crippen molar-refractivity contribution >= 4 is 11.6 Å². The van der Waals surface area contributed by atoms with Crippen LogP contribution in [0.4, 0.5) is 5.69 Å². The summed E-state index contributed by atoms with van der Waals surface area (Å²) in [7, 11) is 5.10. The largest absolute Gasteiger partial charge is 0.496 e. The predicted octanol–water partition coefficient (Wildman–Crippen LogP) is 5.65. The van der Waals surface area contributed by atoms with Gasteiger partial charge in [-0.1, -0.05) is 42.5 Å². The molecule has 3 aromatic rings. The first kappa shape index (κ1) is 32.5. The molecule has 0 spiro atoms. The molecule has 0 aromatic heterocycles. The van der Waals surface area contributed by atoms with Crippen molar-refractivity contribution in [3.63, 3.8) is 0 Å². The van der Waals surface area contributed by atoms with Crippen LogP contribution >= 0.6 is 0 Å². The van der Waals surface area contributed by atoms with Crippen molar-refractivity contribution in [2.75, 3.05) is 59.1 Å². The van der Waals surface area contributed by atoms with Crippen molar-refractivity contribution < 1.29 is 28.5 Å². The molecule has 0 radical (unpaired) electrons. The van der Waals surface area contributed by atoms with Crippen LogP contribution in [0.15, 0.2) is 66.7 Å². The molecule has 1 N–H and O–H groups in total. The number of anilines is 1. The van der Waals surface area contributed by atoms with E-state index in [-0.39, 0.29) is 12.0 Å². The molecule has 1 amide bonds. The van der Waals surface area contributed by atoms with E-state index in [4.69, 9.17) is 23.7 Å². The number of rotatable bonds is 16. The third-order valence-corrected chi connectivity index (χ3v) is 7.88. The lowest BCUT2D eigenvalue weighted by Crippen LogP contribution is -2.41. The number of hydrogen-bond donors (Lipinski definition) is 1. The number of nitrogens with one attached hydrogen (secondary N) is 1. The highest BCUT2D eigenvalue weighted by Crippen LogP contribution is 2.30. The van der Waals surface area contributed by atoms with Gasteiger partial charge < -0.3 is 33.9 Å². The Labute approximate surface area is 256 Å². The maximum Gasteiger partial charge on any atom is 0.229 e. The second kappa shape index (κ2) is 17.0. The fourth-order valence-electron chi connectivity index (χ4n) is 5.35. The molecule has 43 heavy (non-hydrogen) atoms. The van der Waals surface area contributed by atoms with Gasteiger partial charge in [-0.2, -0.15) is 0 Å². The van der Waals surface area contributed by atoms with Gasteiger partial charge in [0.1, 0.15) is 11.5 Å². The molecular weight excluding hydrogens is 544 g/mol. The summed E-state index contributed by atoms with van der Waals surface area (Å²) in [4.78, 5) is 14.3. The Morgan fingerprint density at radius 3 is 2.58 bits per heavy atom. The fraction of sp³-hybridized carbons (Fsp3) is 0.457. The lowest BCUT2D eigenvalue weighted by atomic mass is 9.87. The number of nitrogens with zero attached hydrogens (tertiary/aromatic N) is 1. The Kier molecular flexibility index (Phi) is 12.9. The van der Waals surface area contributed by atoms with E-state index in [0.717, 1.165) is 59.8 Å². The molecule has 8 heteroatoms. The minimum Gasteiger partial charge on any atom is -0.496 e. The molecule has 1 fully saturated rings. The molecule has 1 heterocycles. The van der Waals surface area contributed by atoms with Gasteiger partial charge in [0.25, 0.3) is 0 Å². The van der Waals surface area contributed by atoms with Crippen molar-refractivity contribution in [2.24, 2.45) is 0 Å². The van der Waals surface area contributed by atoms with Crippen LogP contribution in [-0.2, 0) is 32.2 Å². The summed E-state index contributed by atoms with van der Waals surface area (Å²) in [6, 6.07) is 22.5. The standard InChI is InChI=1S/C35H46N2O6/c1-26-10-11-27(22-32(26)37(2)35(38)17-21-39-3)24-43-34-23-36-18-16-31(34)28-12-14-30(15-13-28)42-20-7-19-41-25-29-8-5-6-9-33(29)40-4/h5-6,8-15,22,31,34,36H,7,16-21,23-25H2,1-4H3. The Morgan fingerprint density at radius 2 is 1.79 bits per heavy atom. The summed E-state index contributed by atoms with van der Waals surface area (Å²) < 4.78 is 28.7. The molecule has 232 valence electrons. The van der Waals surface area contributed by atoms with E-state index in [1.807, 2.05) is 50.4 Å². The molecule has 1 aliphatic rings. The quantitative estimate of drug-likeness (QED) is 0.216. The molecule has 3 aromatic carbocycles. The third kappa shape index (κ3) is 9.53. The number of amides is 1. The van der Waals surface area contributed by atoms with Gasteiger partial charge in [0.15, 0.2) is 0 Å². The lowest BCUT2D eigenvalue weighted by Gasteiger charge is -2.32. The van der Waals surface area contributed by atoms with Gasteiger partial charge in [-0.05, 0) is 60.8 Å². The summed E-state index contributed by atoms with van der Waals surface area (Å²) in [5.74, 6) is 2.03. The number of methoxy groups -OCH3 is 2. The fourth-order valence-corrected chi connectivity index (χ4v) is 5.35. The van der Waals surface area contributed by atoms with E-state index >= 15 is 0 Å². The SMILES string of the molecule is COCCC(=O)N(C)c1cc(COC2CNCCC2c2ccc(OCCCOCc3ccccc3OC)cc2)ccc1C. The van der Waals surface area contributed by atoms with Crippen LogP contribution < -0.4 is 19.7 Å². The molecule has 0 bridgehead atoms. The van der Waals surface area contributed by atoms with Crippen LogP contribution in [-0.4, -0.2) is 66.2 Å². The molecule has 2 unspecified atom stereocenters. The molecule has 8 nitrogen and oxygen atoms in total. The van der Waals surface area contributed by atoms with E-state index in [2.05, 4.69) is 35.6 Å². The number of ether oxygens (including phenoxy) is 5. The lowest BCUT2D eigenvalue weighted by molar-refractivity contribution is -0.119. The first-order chi connectivity index (χ1) is 21.0. The Hall–Kier alpha value is -3.43. The maximum absolute atomic E-state index is 12.6. The number of hydrogen-bond acceptors (Lipinski definition) is 7. The molecule has 0 aliphatic carbocycles. The van der Waals surface area contributed by atoms with Crippen LogP contribution in [0.5, 0.6) is 11.5 Å². The van der Waals surface area contributed by atoms with Crippen molar-refractivity contribution in [3.05, 3.63) is 89.0 Å². The number of piperidine rings is 1. The number of carbonyl (C=O) groups excluding carboxylic acids is 1. The van der Waals surface area contributed by atoms with Gasteiger partial charge in [0.2, 0.25) is 5.91 Å². The Balaban J connectivity index is 1.25. The van der Waals surface area contributed by atoms with Gasteiger partial charge >= 0.3 is 0 Å². The van der Waals surface area contributed by atoms with E-state index in [9.17, 15) is 4.79 Å². The highest BCUT2D eigenvalue weighted by molar-refractivity contribution is 5.93. The first-order valence-corrected chi connectivity index (χ1v) is 15.1. The van der Waals surface area contributed by atoms with Gasteiger partial charge in [-0.25, -0.2) is 0 Å². The van der Waals surface area contributed by atoms with Crippen molar-refractivity contribution in [1.82, 2.24) is 5.32 Å². The number of aryl methyl sites for hydroxylation is 1. The van der Waals surface area contributed by atoms with Gasteiger partial charge in [0.05, 0.1) is 52.7 Å². The summed E-state index contributed by atoms with van der Waals surface area (Å²) in [6.45, 7) is 6.40. The van der Waals surface area contributed by atoms with E-state index in [1.54, 1.807) is 19.1 Å². The second-order valence-corrected chi connectivity index (χ2v) is 10.9. The van der Waals surface area contributed by atoms with Crippen LogP contribution in [0.25, 0.3) is 0 Å². The highest BCUT2D eigenvalue weighted by Gasteiger charge is 2.27. The molecule has 4 rings (SSSR count). The number of benzene rings is 3. The molecular formula is C35H46N2O6. The Bertz CT molecular complexity index is 1280. The van der Waals surface area contributed by atoms with Crippen LogP contribution in [0.1, 0.15) is 47.4 Å². The summed E-state index contributed by atoms with van der Waals surface area (Å²) >= 11 is 0. The summed E-state index contributed by atoms with van der Waals surface area (Å²) in [6.07, 6.45) is 2.21. The van der Waals surface area contributed by atoms with Gasteiger partial charge in [-0.15, -0.1) is 0 Å². The monoisotopic (exact) mass is 590 g/mol. The van der Waals surface area contributed by atoms with Crippen molar-refractivity contribution in [2.45, 2.75) is 51.4 Å². The Morgan fingerprint density at radius 1 is 0.977 bits per heavy atom. The number of carbonyl (C=O) groups is 1. The van der Waals surface area contributed by atoms with Crippen molar-refractivity contribution in [3.8, 4) is 11.5 Å². The van der Waals surface area contributed by atoms with Crippen LogP contribution in [0.3, 0.4) is 0 Å². The zero-order chi connectivity index (χ0) is 30.4. The average Bonchev–Trinajstić information content (AvgIpc) is 3.05. The maximum atomic E-state index is 12.6. The van der Waals surface area contributed by atoms with Crippen LogP contribution in [0.2, 0.25) is 0 Å². The summed E-state index contributed by atoms with van der Waals surface area (Å²) in [5.41, 5.74) is 5.30. The highest BCUT2D eigenvalue weighted by atomic mass is 16.5. The predicted molar refractivity (Wildman–Crippen MR) is 169 cm³/mol. The molecule has 1 aliphatic heterocycles. The minimum atomic E-state index is 0.0319. The first-order valence-electron chi connectivity index (χ1n) is 15.1. The van der Waals surface area contributed by atoms with E-state index in [1.165, 1.54) is 5.56 Å². The van der Waals surface area contributed by atoms with E-state index < -0.39 is 0 Å². The normalized spacial score (nSPS) is 16.6. The zero-order valence-corrected chi connectivity index (χ0v) is 26.0. The van der Waals surface area contributed by atoms with Gasteiger partial charge in [-0.3, -0.25) is 4.79 Å². The van der Waals surface area contributed by atoms with E-state index in [0.29, 0.717) is 45.4 Å². The number of para-hydroxylation sites is 1. The topological polar surface area (TPSA) is 78.5 Å². The summed E-state index contributed by atoms with van der Waals surface area (Å²) in [5, 5.41) is 3.48. The second-order valence-electron chi connectivity index (χ2n) is 10.9. The smallest absolute Gasteiger partial charge is 0.229 e. The molecule has 1 saturated heterocycles.